The normalized spacial score (nSPS) is 28.6. The second-order valence-electron chi connectivity index (χ2n) is 5.85. The van der Waals surface area contributed by atoms with E-state index in [1.54, 1.807) is 6.07 Å². The molecule has 19 heavy (non-hydrogen) atoms. The van der Waals surface area contributed by atoms with Gasteiger partial charge in [-0.2, -0.15) is 0 Å². The van der Waals surface area contributed by atoms with Gasteiger partial charge >= 0.3 is 0 Å². The van der Waals surface area contributed by atoms with Crippen molar-refractivity contribution in [2.45, 2.75) is 37.9 Å². The molecular weight excluding hydrogens is 307 g/mol. The van der Waals surface area contributed by atoms with Crippen molar-refractivity contribution in [2.75, 3.05) is 20.1 Å². The minimum absolute atomic E-state index is 0.155. The van der Waals surface area contributed by atoms with Gasteiger partial charge in [0.05, 0.1) is 0 Å². The van der Waals surface area contributed by atoms with Crippen LogP contribution in [0.25, 0.3) is 0 Å². The molecule has 0 spiro atoms. The van der Waals surface area contributed by atoms with Crippen molar-refractivity contribution in [3.05, 3.63) is 34.1 Å². The van der Waals surface area contributed by atoms with E-state index in [-0.39, 0.29) is 5.82 Å². The van der Waals surface area contributed by atoms with Crippen LogP contribution in [0.5, 0.6) is 0 Å². The molecule has 2 atom stereocenters. The molecule has 4 heteroatoms. The molecule has 2 fully saturated rings. The molecule has 1 aromatic rings. The lowest BCUT2D eigenvalue weighted by Crippen LogP contribution is -2.36. The molecule has 0 saturated carbocycles. The first-order valence-corrected chi connectivity index (χ1v) is 7.80. The Morgan fingerprint density at radius 3 is 2.79 bits per heavy atom. The molecule has 0 radical (unpaired) electrons. The molecule has 2 unspecified atom stereocenters. The molecule has 0 N–H and O–H groups in total. The molecule has 2 aliphatic rings. The zero-order chi connectivity index (χ0) is 13.4. The first-order valence-electron chi connectivity index (χ1n) is 7.01. The Morgan fingerprint density at radius 1 is 1.21 bits per heavy atom. The highest BCUT2D eigenvalue weighted by molar-refractivity contribution is 9.10. The average Bonchev–Trinajstić information content (AvgIpc) is 2.56. The van der Waals surface area contributed by atoms with Gasteiger partial charge in [-0.3, -0.25) is 9.80 Å². The van der Waals surface area contributed by atoms with Crippen molar-refractivity contribution in [3.8, 4) is 0 Å². The molecule has 3 rings (SSSR count). The van der Waals surface area contributed by atoms with Gasteiger partial charge in [-0.15, -0.1) is 0 Å². The maximum absolute atomic E-state index is 13.4. The van der Waals surface area contributed by atoms with Gasteiger partial charge in [0.15, 0.2) is 0 Å². The van der Waals surface area contributed by atoms with E-state index in [4.69, 9.17) is 0 Å². The smallest absolute Gasteiger partial charge is 0.124 e. The van der Waals surface area contributed by atoms with Crippen LogP contribution in [-0.2, 0) is 6.54 Å². The van der Waals surface area contributed by atoms with Gasteiger partial charge in [0, 0.05) is 36.2 Å². The summed E-state index contributed by atoms with van der Waals surface area (Å²) in [6.07, 6.45) is 3.90. The third-order valence-corrected chi connectivity index (χ3v) is 5.02. The standard InChI is InChI=1S/C15H20BrFN2/c1-18-14-2-3-15(18)10-19(5-4-14)9-11-6-12(16)8-13(17)7-11/h6-8,14-15H,2-5,9-10H2,1H3. The molecule has 2 heterocycles. The Labute approximate surface area is 122 Å². The Balaban J connectivity index is 1.70. The van der Waals surface area contributed by atoms with Crippen LogP contribution >= 0.6 is 15.9 Å². The number of likely N-dealkylation sites (N-methyl/N-ethyl adjacent to an activating group) is 1. The molecule has 2 aliphatic heterocycles. The highest BCUT2D eigenvalue weighted by Crippen LogP contribution is 2.29. The van der Waals surface area contributed by atoms with E-state index in [9.17, 15) is 4.39 Å². The van der Waals surface area contributed by atoms with Gasteiger partial charge in [-0.25, -0.2) is 4.39 Å². The van der Waals surface area contributed by atoms with E-state index in [1.807, 2.05) is 6.07 Å². The topological polar surface area (TPSA) is 6.48 Å². The Kier molecular flexibility index (Phi) is 3.92. The van der Waals surface area contributed by atoms with Crippen molar-refractivity contribution in [1.29, 1.82) is 0 Å². The number of fused-ring (bicyclic) bond motifs is 2. The molecule has 2 bridgehead atoms. The first kappa shape index (κ1) is 13.5. The lowest BCUT2D eigenvalue weighted by atomic mass is 10.1. The highest BCUT2D eigenvalue weighted by Gasteiger charge is 2.34. The fraction of sp³-hybridized carbons (Fsp3) is 0.600. The lowest BCUT2D eigenvalue weighted by Gasteiger charge is -2.25. The fourth-order valence-corrected chi connectivity index (χ4v) is 4.00. The minimum Gasteiger partial charge on any atom is -0.299 e. The van der Waals surface area contributed by atoms with Crippen LogP contribution in [0.4, 0.5) is 4.39 Å². The summed E-state index contributed by atoms with van der Waals surface area (Å²) in [5.41, 5.74) is 1.06. The number of halogens is 2. The summed E-state index contributed by atoms with van der Waals surface area (Å²) in [5, 5.41) is 0. The summed E-state index contributed by atoms with van der Waals surface area (Å²) in [6.45, 7) is 3.09. The summed E-state index contributed by atoms with van der Waals surface area (Å²) in [6, 6.07) is 6.63. The second kappa shape index (κ2) is 5.51. The van der Waals surface area contributed by atoms with Crippen LogP contribution in [0.3, 0.4) is 0 Å². The van der Waals surface area contributed by atoms with Gasteiger partial charge in [0.2, 0.25) is 0 Å². The maximum Gasteiger partial charge on any atom is 0.124 e. The van der Waals surface area contributed by atoms with Gasteiger partial charge in [-0.1, -0.05) is 15.9 Å². The molecule has 2 nitrogen and oxygen atoms in total. The van der Waals surface area contributed by atoms with E-state index in [1.165, 1.54) is 25.3 Å². The Bertz CT molecular complexity index is 445. The molecule has 0 aliphatic carbocycles. The van der Waals surface area contributed by atoms with Crippen LogP contribution in [0.2, 0.25) is 0 Å². The predicted molar refractivity (Wildman–Crippen MR) is 78.6 cm³/mol. The van der Waals surface area contributed by atoms with E-state index >= 15 is 0 Å². The van der Waals surface area contributed by atoms with Crippen molar-refractivity contribution < 1.29 is 4.39 Å². The van der Waals surface area contributed by atoms with Crippen LogP contribution < -0.4 is 0 Å². The number of rotatable bonds is 2. The van der Waals surface area contributed by atoms with E-state index in [2.05, 4.69) is 32.8 Å². The zero-order valence-electron chi connectivity index (χ0n) is 11.3. The molecule has 1 aromatic carbocycles. The fourth-order valence-electron chi connectivity index (χ4n) is 3.48. The summed E-state index contributed by atoms with van der Waals surface area (Å²) in [4.78, 5) is 5.02. The highest BCUT2D eigenvalue weighted by atomic mass is 79.9. The Morgan fingerprint density at radius 2 is 2.00 bits per heavy atom. The van der Waals surface area contributed by atoms with E-state index < -0.39 is 0 Å². The number of hydrogen-bond acceptors (Lipinski definition) is 2. The van der Waals surface area contributed by atoms with E-state index in [0.29, 0.717) is 6.04 Å². The number of hydrogen-bond donors (Lipinski definition) is 0. The van der Waals surface area contributed by atoms with Gasteiger partial charge in [0.25, 0.3) is 0 Å². The molecular formula is C15H20BrFN2. The first-order chi connectivity index (χ1) is 9.11. The molecule has 2 saturated heterocycles. The molecule has 0 aromatic heterocycles. The number of likely N-dealkylation sites (tertiary alicyclic amines) is 1. The van der Waals surface area contributed by atoms with Crippen molar-refractivity contribution in [2.24, 2.45) is 0 Å². The quantitative estimate of drug-likeness (QED) is 0.823. The number of benzene rings is 1. The predicted octanol–water partition coefficient (Wildman–Crippen LogP) is 3.26. The van der Waals surface area contributed by atoms with Crippen LogP contribution in [0.1, 0.15) is 24.8 Å². The van der Waals surface area contributed by atoms with Crippen LogP contribution in [0, 0.1) is 5.82 Å². The van der Waals surface area contributed by atoms with Crippen molar-refractivity contribution in [1.82, 2.24) is 9.80 Å². The second-order valence-corrected chi connectivity index (χ2v) is 6.77. The summed E-state index contributed by atoms with van der Waals surface area (Å²) in [5.74, 6) is -0.155. The monoisotopic (exact) mass is 326 g/mol. The van der Waals surface area contributed by atoms with E-state index in [0.717, 1.165) is 35.7 Å². The van der Waals surface area contributed by atoms with Crippen LogP contribution in [-0.4, -0.2) is 42.0 Å². The molecule has 0 amide bonds. The minimum atomic E-state index is -0.155. The van der Waals surface area contributed by atoms with Gasteiger partial charge in [0.1, 0.15) is 5.82 Å². The Hall–Kier alpha value is -0.450. The number of nitrogens with zero attached hydrogens (tertiary/aromatic N) is 2. The third-order valence-electron chi connectivity index (χ3n) is 4.56. The van der Waals surface area contributed by atoms with Crippen molar-refractivity contribution >= 4 is 15.9 Å². The summed E-state index contributed by atoms with van der Waals surface area (Å²) < 4.78 is 14.2. The zero-order valence-corrected chi connectivity index (χ0v) is 12.9. The van der Waals surface area contributed by atoms with Crippen LogP contribution in [0.15, 0.2) is 22.7 Å². The largest absolute Gasteiger partial charge is 0.299 e. The average molecular weight is 327 g/mol. The van der Waals surface area contributed by atoms with Gasteiger partial charge < -0.3 is 0 Å². The maximum atomic E-state index is 13.4. The molecule has 104 valence electrons. The third kappa shape index (κ3) is 3.01. The van der Waals surface area contributed by atoms with Gasteiger partial charge in [-0.05, 0) is 50.1 Å². The SMILES string of the molecule is CN1C2CCC1CN(Cc1cc(F)cc(Br)c1)CC2. The summed E-state index contributed by atoms with van der Waals surface area (Å²) in [7, 11) is 2.25. The summed E-state index contributed by atoms with van der Waals surface area (Å²) >= 11 is 3.37. The van der Waals surface area contributed by atoms with Crippen molar-refractivity contribution in [3.63, 3.8) is 0 Å². The lowest BCUT2D eigenvalue weighted by molar-refractivity contribution is 0.214.